The third-order valence-corrected chi connectivity index (χ3v) is 2.76. The lowest BCUT2D eigenvalue weighted by Crippen LogP contribution is -2.31. The van der Waals surface area contributed by atoms with E-state index in [4.69, 9.17) is 9.84 Å². The van der Waals surface area contributed by atoms with Crippen molar-refractivity contribution in [1.82, 2.24) is 4.90 Å². The molecule has 0 spiro atoms. The Morgan fingerprint density at radius 1 is 1.35 bits per heavy atom. The number of aliphatic carboxylic acids is 1. The predicted molar refractivity (Wildman–Crippen MR) is 58.1 cm³/mol. The van der Waals surface area contributed by atoms with E-state index >= 15 is 0 Å². The van der Waals surface area contributed by atoms with E-state index in [1.54, 1.807) is 14.0 Å². The van der Waals surface area contributed by atoms with Gasteiger partial charge in [0.2, 0.25) is 5.91 Å². The standard InChI is InChI=1S/C11H17NO5/c1-3-17-9(13)4-5-12(2)10(14)7-6-8(7)11(15)16/h7-8H,3-6H2,1-2H3,(H,15,16)/t7-,8+/m1/s1. The van der Waals surface area contributed by atoms with E-state index in [1.807, 2.05) is 0 Å². The van der Waals surface area contributed by atoms with Crippen molar-refractivity contribution < 1.29 is 24.2 Å². The van der Waals surface area contributed by atoms with Crippen molar-refractivity contribution in [2.75, 3.05) is 20.2 Å². The molecular weight excluding hydrogens is 226 g/mol. The number of amides is 1. The summed E-state index contributed by atoms with van der Waals surface area (Å²) in [6.45, 7) is 2.30. The molecule has 1 N–H and O–H groups in total. The summed E-state index contributed by atoms with van der Waals surface area (Å²) in [4.78, 5) is 34.8. The Bertz CT molecular complexity index is 328. The number of carbonyl (C=O) groups excluding carboxylic acids is 2. The van der Waals surface area contributed by atoms with Crippen LogP contribution in [0.5, 0.6) is 0 Å². The Kier molecular flexibility index (Phi) is 4.48. The second-order valence-electron chi connectivity index (χ2n) is 4.10. The van der Waals surface area contributed by atoms with Crippen LogP contribution >= 0.6 is 0 Å². The summed E-state index contributed by atoms with van der Waals surface area (Å²) in [5.41, 5.74) is 0. The predicted octanol–water partition coefficient (Wildman–Crippen LogP) is 0.119. The summed E-state index contributed by atoms with van der Waals surface area (Å²) in [5.74, 6) is -2.45. The number of carboxylic acids is 1. The average molecular weight is 243 g/mol. The fraction of sp³-hybridized carbons (Fsp3) is 0.727. The van der Waals surface area contributed by atoms with Gasteiger partial charge in [-0.25, -0.2) is 0 Å². The van der Waals surface area contributed by atoms with Crippen molar-refractivity contribution in [3.05, 3.63) is 0 Å². The number of hydrogen-bond acceptors (Lipinski definition) is 4. The first-order valence-electron chi connectivity index (χ1n) is 5.60. The Labute approximate surface area is 99.5 Å². The molecule has 0 aliphatic heterocycles. The van der Waals surface area contributed by atoms with Crippen molar-refractivity contribution in [3.8, 4) is 0 Å². The van der Waals surface area contributed by atoms with Gasteiger partial charge in [-0.2, -0.15) is 0 Å². The van der Waals surface area contributed by atoms with Crippen molar-refractivity contribution >= 4 is 17.8 Å². The lowest BCUT2D eigenvalue weighted by atomic mass is 10.2. The van der Waals surface area contributed by atoms with Gasteiger partial charge in [0, 0.05) is 13.6 Å². The summed E-state index contributed by atoms with van der Waals surface area (Å²) in [7, 11) is 1.57. The van der Waals surface area contributed by atoms with Crippen LogP contribution in [0, 0.1) is 11.8 Å². The number of ether oxygens (including phenoxy) is 1. The van der Waals surface area contributed by atoms with Crippen molar-refractivity contribution in [2.45, 2.75) is 19.8 Å². The molecule has 0 aromatic rings. The van der Waals surface area contributed by atoms with E-state index in [0.29, 0.717) is 13.0 Å². The molecule has 1 rings (SSSR count). The number of nitrogens with zero attached hydrogens (tertiary/aromatic N) is 1. The second kappa shape index (κ2) is 5.65. The van der Waals surface area contributed by atoms with Crippen LogP contribution in [0.15, 0.2) is 0 Å². The van der Waals surface area contributed by atoms with Crippen molar-refractivity contribution in [2.24, 2.45) is 11.8 Å². The summed E-state index contributed by atoms with van der Waals surface area (Å²) in [5, 5.41) is 8.70. The van der Waals surface area contributed by atoms with Gasteiger partial charge in [-0.05, 0) is 13.3 Å². The maximum atomic E-state index is 11.7. The van der Waals surface area contributed by atoms with Crippen molar-refractivity contribution in [1.29, 1.82) is 0 Å². The SMILES string of the molecule is CCOC(=O)CCN(C)C(=O)[C@@H]1C[C@@H]1C(=O)O. The zero-order valence-electron chi connectivity index (χ0n) is 10.0. The highest BCUT2D eigenvalue weighted by atomic mass is 16.5. The smallest absolute Gasteiger partial charge is 0.307 e. The molecule has 1 aliphatic rings. The number of carboxylic acid groups (broad SMARTS) is 1. The molecule has 1 fully saturated rings. The monoisotopic (exact) mass is 243 g/mol. The third-order valence-electron chi connectivity index (χ3n) is 2.76. The maximum Gasteiger partial charge on any atom is 0.307 e. The van der Waals surface area contributed by atoms with E-state index in [1.165, 1.54) is 4.90 Å². The van der Waals surface area contributed by atoms with Gasteiger partial charge in [0.15, 0.2) is 0 Å². The summed E-state index contributed by atoms with van der Waals surface area (Å²) in [6.07, 6.45) is 0.540. The minimum atomic E-state index is -0.929. The molecule has 0 heterocycles. The van der Waals surface area contributed by atoms with Gasteiger partial charge < -0.3 is 14.7 Å². The van der Waals surface area contributed by atoms with E-state index in [-0.39, 0.29) is 24.8 Å². The molecule has 6 nitrogen and oxygen atoms in total. The first kappa shape index (κ1) is 13.5. The molecule has 0 aromatic heterocycles. The van der Waals surface area contributed by atoms with Crippen LogP contribution in [-0.2, 0) is 19.1 Å². The maximum absolute atomic E-state index is 11.7. The van der Waals surface area contributed by atoms with Gasteiger partial charge in [-0.3, -0.25) is 14.4 Å². The molecule has 96 valence electrons. The zero-order chi connectivity index (χ0) is 13.0. The molecule has 2 atom stereocenters. The Morgan fingerprint density at radius 3 is 2.47 bits per heavy atom. The minimum absolute atomic E-state index is 0.139. The van der Waals surface area contributed by atoms with Crippen LogP contribution in [0.4, 0.5) is 0 Å². The first-order chi connectivity index (χ1) is 7.97. The van der Waals surface area contributed by atoms with Crippen molar-refractivity contribution in [3.63, 3.8) is 0 Å². The molecule has 1 saturated carbocycles. The van der Waals surface area contributed by atoms with E-state index in [2.05, 4.69) is 0 Å². The van der Waals surface area contributed by atoms with Crippen LogP contribution in [0.25, 0.3) is 0 Å². The van der Waals surface area contributed by atoms with Gasteiger partial charge in [-0.1, -0.05) is 0 Å². The molecule has 6 heteroatoms. The van der Waals surface area contributed by atoms with Gasteiger partial charge in [0.05, 0.1) is 24.9 Å². The average Bonchev–Trinajstić information content (AvgIpc) is 3.05. The summed E-state index contributed by atoms with van der Waals surface area (Å²) < 4.78 is 4.74. The molecule has 0 aromatic carbocycles. The lowest BCUT2D eigenvalue weighted by Gasteiger charge is -2.16. The van der Waals surface area contributed by atoms with Gasteiger partial charge in [0.25, 0.3) is 0 Å². The largest absolute Gasteiger partial charge is 0.481 e. The number of carbonyl (C=O) groups is 3. The number of rotatable bonds is 6. The fourth-order valence-electron chi connectivity index (χ4n) is 1.63. The van der Waals surface area contributed by atoms with Crippen LogP contribution < -0.4 is 0 Å². The number of hydrogen-bond donors (Lipinski definition) is 1. The second-order valence-corrected chi connectivity index (χ2v) is 4.10. The topological polar surface area (TPSA) is 83.9 Å². The molecule has 0 unspecified atom stereocenters. The fourth-order valence-corrected chi connectivity index (χ4v) is 1.63. The van der Waals surface area contributed by atoms with Gasteiger partial charge in [0.1, 0.15) is 0 Å². The highest BCUT2D eigenvalue weighted by Crippen LogP contribution is 2.39. The normalized spacial score (nSPS) is 21.8. The lowest BCUT2D eigenvalue weighted by molar-refractivity contribution is -0.145. The highest BCUT2D eigenvalue weighted by molar-refractivity contribution is 5.89. The van der Waals surface area contributed by atoms with Crippen LogP contribution in [0.1, 0.15) is 19.8 Å². The molecular formula is C11H17NO5. The van der Waals surface area contributed by atoms with E-state index in [0.717, 1.165) is 0 Å². The summed E-state index contributed by atoms with van der Waals surface area (Å²) >= 11 is 0. The first-order valence-corrected chi connectivity index (χ1v) is 5.60. The Hall–Kier alpha value is -1.59. The molecule has 0 bridgehead atoms. The Balaban J connectivity index is 2.29. The van der Waals surface area contributed by atoms with Crippen LogP contribution in [0.3, 0.4) is 0 Å². The molecule has 1 amide bonds. The Morgan fingerprint density at radius 2 is 2.00 bits per heavy atom. The quantitative estimate of drug-likeness (QED) is 0.670. The molecule has 17 heavy (non-hydrogen) atoms. The highest BCUT2D eigenvalue weighted by Gasteiger charge is 2.49. The van der Waals surface area contributed by atoms with Crippen LogP contribution in [0.2, 0.25) is 0 Å². The van der Waals surface area contributed by atoms with E-state index < -0.39 is 17.8 Å². The van der Waals surface area contributed by atoms with Gasteiger partial charge >= 0.3 is 11.9 Å². The zero-order valence-corrected chi connectivity index (χ0v) is 10.0. The van der Waals surface area contributed by atoms with Gasteiger partial charge in [-0.15, -0.1) is 0 Å². The van der Waals surface area contributed by atoms with E-state index in [9.17, 15) is 14.4 Å². The third kappa shape index (κ3) is 3.72. The number of esters is 1. The minimum Gasteiger partial charge on any atom is -0.481 e. The molecule has 0 saturated heterocycles. The molecule has 1 aliphatic carbocycles. The molecule has 0 radical (unpaired) electrons. The van der Waals surface area contributed by atoms with Crippen LogP contribution in [-0.4, -0.2) is 48.1 Å². The summed E-state index contributed by atoms with van der Waals surface area (Å²) in [6, 6.07) is 0.